The predicted octanol–water partition coefficient (Wildman–Crippen LogP) is 2.41. The molecule has 1 aromatic carbocycles. The Morgan fingerprint density at radius 3 is 2.73 bits per heavy atom. The fourth-order valence-corrected chi connectivity index (χ4v) is 2.14. The second kappa shape index (κ2) is 3.97. The van der Waals surface area contributed by atoms with Gasteiger partial charge >= 0.3 is 0 Å². The van der Waals surface area contributed by atoms with Gasteiger partial charge in [0, 0.05) is 12.0 Å². The molecule has 0 N–H and O–H groups in total. The van der Waals surface area contributed by atoms with E-state index in [9.17, 15) is 9.59 Å². The number of hydrogen-bond donors (Lipinski definition) is 0. The van der Waals surface area contributed by atoms with Crippen molar-refractivity contribution < 1.29 is 9.59 Å². The van der Waals surface area contributed by atoms with Crippen molar-refractivity contribution >= 4 is 11.6 Å². The first-order chi connectivity index (χ1) is 7.24. The molecule has 2 nitrogen and oxygen atoms in total. The summed E-state index contributed by atoms with van der Waals surface area (Å²) in [4.78, 5) is 23.7. The minimum absolute atomic E-state index is 0.0173. The number of carbonyl (C=O) groups excluding carboxylic acids is 2. The van der Waals surface area contributed by atoms with Crippen LogP contribution in [0, 0.1) is 5.92 Å². The largest absolute Gasteiger partial charge is 0.299 e. The summed E-state index contributed by atoms with van der Waals surface area (Å²) in [7, 11) is 0. The Labute approximate surface area is 89.3 Å². The Hall–Kier alpha value is -1.44. The summed E-state index contributed by atoms with van der Waals surface area (Å²) in [5.41, 5.74) is 1.63. The van der Waals surface area contributed by atoms with E-state index in [2.05, 4.69) is 0 Å². The number of benzene rings is 1. The summed E-state index contributed by atoms with van der Waals surface area (Å²) < 4.78 is 0. The van der Waals surface area contributed by atoms with Crippen LogP contribution < -0.4 is 0 Å². The third-order valence-corrected chi connectivity index (χ3v) is 2.93. The zero-order valence-electron chi connectivity index (χ0n) is 8.82. The average Bonchev–Trinajstić information content (AvgIpc) is 2.24. The van der Waals surface area contributed by atoms with Crippen LogP contribution in [0.5, 0.6) is 0 Å². The SMILES string of the molecule is CCCC1C(=O)Cc2ccccc2C1=O. The maximum Gasteiger partial charge on any atom is 0.173 e. The van der Waals surface area contributed by atoms with Crippen LogP contribution in [0.25, 0.3) is 0 Å². The van der Waals surface area contributed by atoms with Gasteiger partial charge in [-0.1, -0.05) is 37.6 Å². The molecule has 1 atom stereocenters. The zero-order chi connectivity index (χ0) is 10.8. The van der Waals surface area contributed by atoms with Gasteiger partial charge in [0.2, 0.25) is 0 Å². The van der Waals surface area contributed by atoms with Gasteiger partial charge in [-0.15, -0.1) is 0 Å². The average molecular weight is 202 g/mol. The van der Waals surface area contributed by atoms with Crippen LogP contribution in [0.4, 0.5) is 0 Å². The number of carbonyl (C=O) groups is 2. The van der Waals surface area contributed by atoms with Crippen molar-refractivity contribution in [1.29, 1.82) is 0 Å². The van der Waals surface area contributed by atoms with E-state index in [1.54, 1.807) is 0 Å². The highest BCUT2D eigenvalue weighted by Gasteiger charge is 2.32. The highest BCUT2D eigenvalue weighted by molar-refractivity contribution is 6.15. The molecule has 0 aromatic heterocycles. The van der Waals surface area contributed by atoms with Gasteiger partial charge in [-0.2, -0.15) is 0 Å². The molecule has 0 bridgehead atoms. The molecule has 0 heterocycles. The molecular formula is C13H14O2. The number of ketones is 2. The summed E-state index contributed by atoms with van der Waals surface area (Å²) in [5, 5.41) is 0. The van der Waals surface area contributed by atoms with Gasteiger partial charge in [-0.25, -0.2) is 0 Å². The molecule has 0 saturated heterocycles. The molecule has 1 aliphatic rings. The molecule has 1 unspecified atom stereocenters. The summed E-state index contributed by atoms with van der Waals surface area (Å²) in [6.07, 6.45) is 1.99. The predicted molar refractivity (Wildman–Crippen MR) is 57.9 cm³/mol. The lowest BCUT2D eigenvalue weighted by Crippen LogP contribution is -2.31. The smallest absolute Gasteiger partial charge is 0.173 e. The molecule has 15 heavy (non-hydrogen) atoms. The minimum Gasteiger partial charge on any atom is -0.299 e. The maximum atomic E-state index is 12.0. The summed E-state index contributed by atoms with van der Waals surface area (Å²) in [6, 6.07) is 7.43. The quantitative estimate of drug-likeness (QED) is 0.690. The van der Waals surface area contributed by atoms with Gasteiger partial charge < -0.3 is 0 Å². The molecule has 0 aliphatic heterocycles. The molecule has 2 rings (SSSR count). The first-order valence-corrected chi connectivity index (χ1v) is 5.39. The van der Waals surface area contributed by atoms with E-state index in [1.165, 1.54) is 0 Å². The molecular weight excluding hydrogens is 188 g/mol. The lowest BCUT2D eigenvalue weighted by Gasteiger charge is -2.21. The molecule has 0 radical (unpaired) electrons. The van der Waals surface area contributed by atoms with Gasteiger partial charge in [-0.05, 0) is 12.0 Å². The monoisotopic (exact) mass is 202 g/mol. The fourth-order valence-electron chi connectivity index (χ4n) is 2.14. The lowest BCUT2D eigenvalue weighted by atomic mass is 9.80. The number of fused-ring (bicyclic) bond motifs is 1. The minimum atomic E-state index is -0.384. The van der Waals surface area contributed by atoms with Crippen molar-refractivity contribution in [3.05, 3.63) is 35.4 Å². The number of Topliss-reactive ketones (excluding diaryl/α,β-unsaturated/α-hetero) is 2. The molecule has 0 fully saturated rings. The van der Waals surface area contributed by atoms with Gasteiger partial charge in [0.25, 0.3) is 0 Å². The van der Waals surface area contributed by atoms with E-state index in [0.717, 1.165) is 17.5 Å². The van der Waals surface area contributed by atoms with Gasteiger partial charge in [0.15, 0.2) is 5.78 Å². The molecule has 1 aromatic rings. The van der Waals surface area contributed by atoms with Gasteiger partial charge in [0.1, 0.15) is 5.78 Å². The standard InChI is InChI=1S/C13H14O2/c1-2-5-11-12(14)8-9-6-3-4-7-10(9)13(11)15/h3-4,6-7,11H,2,5,8H2,1H3. The van der Waals surface area contributed by atoms with Crippen LogP contribution >= 0.6 is 0 Å². The van der Waals surface area contributed by atoms with Crippen molar-refractivity contribution in [2.24, 2.45) is 5.92 Å². The molecule has 0 saturated carbocycles. The normalized spacial score (nSPS) is 20.2. The Kier molecular flexibility index (Phi) is 2.67. The Bertz CT molecular complexity index is 407. The van der Waals surface area contributed by atoms with Gasteiger partial charge in [0.05, 0.1) is 5.92 Å². The maximum absolute atomic E-state index is 12.0. The molecule has 78 valence electrons. The van der Waals surface area contributed by atoms with E-state index < -0.39 is 0 Å². The van der Waals surface area contributed by atoms with Crippen molar-refractivity contribution in [3.63, 3.8) is 0 Å². The van der Waals surface area contributed by atoms with E-state index in [4.69, 9.17) is 0 Å². The molecule has 0 amide bonds. The first kappa shape index (κ1) is 10.1. The highest BCUT2D eigenvalue weighted by atomic mass is 16.2. The van der Waals surface area contributed by atoms with Crippen LogP contribution in [0.2, 0.25) is 0 Å². The number of rotatable bonds is 2. The Morgan fingerprint density at radius 1 is 1.27 bits per heavy atom. The van der Waals surface area contributed by atoms with Crippen LogP contribution in [0.3, 0.4) is 0 Å². The van der Waals surface area contributed by atoms with Gasteiger partial charge in [-0.3, -0.25) is 9.59 Å². The van der Waals surface area contributed by atoms with Crippen molar-refractivity contribution in [2.45, 2.75) is 26.2 Å². The topological polar surface area (TPSA) is 34.1 Å². The summed E-state index contributed by atoms with van der Waals surface area (Å²) >= 11 is 0. The van der Waals surface area contributed by atoms with E-state index >= 15 is 0 Å². The zero-order valence-corrected chi connectivity index (χ0v) is 8.82. The van der Waals surface area contributed by atoms with Crippen LogP contribution in [-0.2, 0) is 11.2 Å². The van der Waals surface area contributed by atoms with E-state index in [1.807, 2.05) is 31.2 Å². The third-order valence-electron chi connectivity index (χ3n) is 2.93. The second-order valence-corrected chi connectivity index (χ2v) is 4.01. The molecule has 1 aliphatic carbocycles. The summed E-state index contributed by atoms with van der Waals surface area (Å²) in [5.74, 6) is -0.283. The van der Waals surface area contributed by atoms with Crippen molar-refractivity contribution in [2.75, 3.05) is 0 Å². The Morgan fingerprint density at radius 2 is 2.00 bits per heavy atom. The highest BCUT2D eigenvalue weighted by Crippen LogP contribution is 2.25. The molecule has 2 heteroatoms. The first-order valence-electron chi connectivity index (χ1n) is 5.39. The van der Waals surface area contributed by atoms with Crippen LogP contribution in [0.1, 0.15) is 35.7 Å². The van der Waals surface area contributed by atoms with E-state index in [0.29, 0.717) is 12.8 Å². The third kappa shape index (κ3) is 1.72. The number of hydrogen-bond acceptors (Lipinski definition) is 2. The second-order valence-electron chi connectivity index (χ2n) is 4.01. The van der Waals surface area contributed by atoms with Crippen molar-refractivity contribution in [3.8, 4) is 0 Å². The van der Waals surface area contributed by atoms with Crippen molar-refractivity contribution in [1.82, 2.24) is 0 Å². The van der Waals surface area contributed by atoms with Crippen LogP contribution in [0.15, 0.2) is 24.3 Å². The molecule has 0 spiro atoms. The lowest BCUT2D eigenvalue weighted by molar-refractivity contribution is -0.121. The fraction of sp³-hybridized carbons (Fsp3) is 0.385. The Balaban J connectivity index is 2.38. The van der Waals surface area contributed by atoms with E-state index in [-0.39, 0.29) is 17.5 Å². The summed E-state index contributed by atoms with van der Waals surface area (Å²) in [6.45, 7) is 2.00. The van der Waals surface area contributed by atoms with Crippen LogP contribution in [-0.4, -0.2) is 11.6 Å².